The number of hydrogen-bond donors (Lipinski definition) is 0. The van der Waals surface area contributed by atoms with E-state index >= 15 is 0 Å². The fourth-order valence-corrected chi connectivity index (χ4v) is 1.28. The third-order valence-corrected chi connectivity index (χ3v) is 1.91. The van der Waals surface area contributed by atoms with Crippen molar-refractivity contribution in [1.29, 1.82) is 0 Å². The number of carbonyl (C=O) groups excluding carboxylic acids is 1. The van der Waals surface area contributed by atoms with Crippen LogP contribution in [0.3, 0.4) is 0 Å². The molecule has 2 aromatic carbocycles. The van der Waals surface area contributed by atoms with Gasteiger partial charge in [-0.05, 0) is 16.8 Å². The first-order chi connectivity index (χ1) is 5.90. The summed E-state index contributed by atoms with van der Waals surface area (Å²) in [5.41, 5.74) is 0.730. The largest absolute Gasteiger partial charge is 0.298 e. The zero-order valence-electron chi connectivity index (χ0n) is 6.94. The molecule has 1 nitrogen and oxygen atoms in total. The summed E-state index contributed by atoms with van der Waals surface area (Å²) in [7, 11) is 0. The maximum absolute atomic E-state index is 10.5. The Labute approximate surface area is 82.8 Å². The highest BCUT2D eigenvalue weighted by atomic mass is 35.5. The predicted molar refractivity (Wildman–Crippen MR) is 56.6 cm³/mol. The summed E-state index contributed by atoms with van der Waals surface area (Å²) in [6.45, 7) is 0. The Balaban J connectivity index is 0.000000845. The molecule has 2 aromatic rings. The molecule has 0 N–H and O–H groups in total. The number of carbonyl (C=O) groups is 1. The van der Waals surface area contributed by atoms with Crippen molar-refractivity contribution in [2.24, 2.45) is 0 Å². The smallest absolute Gasteiger partial charge is 0.150 e. The highest BCUT2D eigenvalue weighted by Gasteiger charge is 1.92. The minimum atomic E-state index is 0. The zero-order chi connectivity index (χ0) is 8.39. The van der Waals surface area contributed by atoms with E-state index in [4.69, 9.17) is 0 Å². The van der Waals surface area contributed by atoms with Crippen LogP contribution in [-0.4, -0.2) is 6.29 Å². The Morgan fingerprint density at radius 2 is 1.62 bits per heavy atom. The molecule has 66 valence electrons. The van der Waals surface area contributed by atoms with Gasteiger partial charge < -0.3 is 0 Å². The van der Waals surface area contributed by atoms with Gasteiger partial charge in [0.15, 0.2) is 0 Å². The summed E-state index contributed by atoms with van der Waals surface area (Å²) in [6, 6.07) is 13.7. The van der Waals surface area contributed by atoms with Gasteiger partial charge in [0.1, 0.15) is 6.29 Å². The van der Waals surface area contributed by atoms with Gasteiger partial charge in [-0.1, -0.05) is 36.4 Å². The lowest BCUT2D eigenvalue weighted by molar-refractivity contribution is 0.112. The quantitative estimate of drug-likeness (QED) is 0.635. The van der Waals surface area contributed by atoms with Crippen molar-refractivity contribution in [2.45, 2.75) is 0 Å². The number of halogens is 1. The Morgan fingerprint density at radius 1 is 0.923 bits per heavy atom. The molecule has 0 aliphatic rings. The summed E-state index contributed by atoms with van der Waals surface area (Å²) in [6.07, 6.45) is 0.867. The van der Waals surface area contributed by atoms with Crippen LogP contribution in [0.5, 0.6) is 0 Å². The number of fused-ring (bicyclic) bond motifs is 1. The highest BCUT2D eigenvalue weighted by molar-refractivity contribution is 5.88. The van der Waals surface area contributed by atoms with Gasteiger partial charge in [0.2, 0.25) is 0 Å². The molecule has 0 atom stereocenters. The predicted octanol–water partition coefficient (Wildman–Crippen LogP) is 3.07. The molecule has 0 amide bonds. The minimum absolute atomic E-state index is 0. The standard InChI is InChI=1S/C11H8O.ClH/c12-8-9-5-6-10-3-1-2-4-11(10)7-9;/h1-8H;1H. The van der Waals surface area contributed by atoms with Crippen LogP contribution < -0.4 is 0 Å². The number of rotatable bonds is 1. The molecule has 0 aliphatic heterocycles. The zero-order valence-corrected chi connectivity index (χ0v) is 7.75. The summed E-state index contributed by atoms with van der Waals surface area (Å²) >= 11 is 0. The molecule has 0 spiro atoms. The Hall–Kier alpha value is -1.34. The van der Waals surface area contributed by atoms with E-state index in [0.717, 1.165) is 17.2 Å². The van der Waals surface area contributed by atoms with Crippen LogP contribution in [0.2, 0.25) is 0 Å². The fraction of sp³-hybridized carbons (Fsp3) is 0. The van der Waals surface area contributed by atoms with Gasteiger partial charge in [0, 0.05) is 5.56 Å². The van der Waals surface area contributed by atoms with Crippen molar-refractivity contribution >= 4 is 29.5 Å². The molecule has 0 heterocycles. The Kier molecular flexibility index (Phi) is 3.04. The molecule has 0 saturated heterocycles. The Morgan fingerprint density at radius 3 is 2.31 bits per heavy atom. The van der Waals surface area contributed by atoms with E-state index in [0.29, 0.717) is 0 Å². The second-order valence-corrected chi connectivity index (χ2v) is 2.72. The van der Waals surface area contributed by atoms with Crippen molar-refractivity contribution in [2.75, 3.05) is 0 Å². The van der Waals surface area contributed by atoms with Crippen LogP contribution in [0.25, 0.3) is 10.8 Å². The van der Waals surface area contributed by atoms with Gasteiger partial charge in [-0.15, -0.1) is 12.4 Å². The SMILES string of the molecule is Cl.O=Cc1ccc2ccccc2c1. The molecule has 13 heavy (non-hydrogen) atoms. The number of benzene rings is 2. The molecule has 0 fully saturated rings. The first-order valence-electron chi connectivity index (χ1n) is 3.84. The van der Waals surface area contributed by atoms with Crippen LogP contribution in [0, 0.1) is 0 Å². The first-order valence-corrected chi connectivity index (χ1v) is 3.84. The molecule has 0 bridgehead atoms. The highest BCUT2D eigenvalue weighted by Crippen LogP contribution is 2.14. The first kappa shape index (κ1) is 9.75. The van der Waals surface area contributed by atoms with Crippen LogP contribution in [0.4, 0.5) is 0 Å². The third-order valence-electron chi connectivity index (χ3n) is 1.91. The van der Waals surface area contributed by atoms with Crippen LogP contribution in [0.15, 0.2) is 42.5 Å². The number of aldehydes is 1. The summed E-state index contributed by atoms with van der Waals surface area (Å²) in [5.74, 6) is 0. The monoisotopic (exact) mass is 192 g/mol. The molecule has 0 unspecified atom stereocenters. The normalized spacial score (nSPS) is 9.23. The van der Waals surface area contributed by atoms with E-state index in [1.165, 1.54) is 5.39 Å². The lowest BCUT2D eigenvalue weighted by Gasteiger charge is -1.96. The third kappa shape index (κ3) is 1.87. The molecule has 2 heteroatoms. The van der Waals surface area contributed by atoms with Gasteiger partial charge in [-0.2, -0.15) is 0 Å². The topological polar surface area (TPSA) is 17.1 Å². The van der Waals surface area contributed by atoms with Gasteiger partial charge in [0.25, 0.3) is 0 Å². The van der Waals surface area contributed by atoms with E-state index in [1.54, 1.807) is 0 Å². The minimum Gasteiger partial charge on any atom is -0.298 e. The molecule has 0 aliphatic carbocycles. The second-order valence-electron chi connectivity index (χ2n) is 2.72. The average molecular weight is 193 g/mol. The van der Waals surface area contributed by atoms with E-state index in [-0.39, 0.29) is 12.4 Å². The fourth-order valence-electron chi connectivity index (χ4n) is 1.28. The molecule has 2 rings (SSSR count). The maximum Gasteiger partial charge on any atom is 0.150 e. The van der Waals surface area contributed by atoms with Crippen molar-refractivity contribution < 1.29 is 4.79 Å². The van der Waals surface area contributed by atoms with Crippen molar-refractivity contribution in [3.8, 4) is 0 Å². The molecular formula is C11H9ClO. The van der Waals surface area contributed by atoms with Crippen LogP contribution >= 0.6 is 12.4 Å². The van der Waals surface area contributed by atoms with Crippen LogP contribution in [-0.2, 0) is 0 Å². The lowest BCUT2D eigenvalue weighted by atomic mass is 10.1. The van der Waals surface area contributed by atoms with E-state index in [1.807, 2.05) is 42.5 Å². The van der Waals surface area contributed by atoms with Gasteiger partial charge in [-0.25, -0.2) is 0 Å². The molecule has 0 radical (unpaired) electrons. The van der Waals surface area contributed by atoms with E-state index in [2.05, 4.69) is 0 Å². The molecule has 0 aromatic heterocycles. The maximum atomic E-state index is 10.5. The number of hydrogen-bond acceptors (Lipinski definition) is 1. The second kappa shape index (κ2) is 4.06. The summed E-state index contributed by atoms with van der Waals surface area (Å²) in [4.78, 5) is 10.5. The van der Waals surface area contributed by atoms with E-state index in [9.17, 15) is 4.79 Å². The van der Waals surface area contributed by atoms with Crippen molar-refractivity contribution in [3.63, 3.8) is 0 Å². The lowest BCUT2D eigenvalue weighted by Crippen LogP contribution is -1.78. The van der Waals surface area contributed by atoms with Crippen LogP contribution in [0.1, 0.15) is 10.4 Å². The van der Waals surface area contributed by atoms with Gasteiger partial charge in [-0.3, -0.25) is 4.79 Å². The van der Waals surface area contributed by atoms with Gasteiger partial charge >= 0.3 is 0 Å². The molecular weight excluding hydrogens is 184 g/mol. The summed E-state index contributed by atoms with van der Waals surface area (Å²) in [5, 5.41) is 2.28. The molecule has 0 saturated carbocycles. The summed E-state index contributed by atoms with van der Waals surface area (Å²) < 4.78 is 0. The van der Waals surface area contributed by atoms with Crippen molar-refractivity contribution in [1.82, 2.24) is 0 Å². The van der Waals surface area contributed by atoms with Gasteiger partial charge in [0.05, 0.1) is 0 Å². The van der Waals surface area contributed by atoms with Crippen molar-refractivity contribution in [3.05, 3.63) is 48.0 Å². The average Bonchev–Trinajstić information content (AvgIpc) is 2.17. The van der Waals surface area contributed by atoms with E-state index < -0.39 is 0 Å². The Bertz CT molecular complexity index is 423.